The summed E-state index contributed by atoms with van der Waals surface area (Å²) in [7, 11) is 0. The van der Waals surface area contributed by atoms with Gasteiger partial charge in [0.05, 0.1) is 10.7 Å². The van der Waals surface area contributed by atoms with Crippen LogP contribution >= 0.6 is 11.3 Å². The second-order valence-electron chi connectivity index (χ2n) is 9.07. The highest BCUT2D eigenvalue weighted by Gasteiger charge is 2.36. The summed E-state index contributed by atoms with van der Waals surface area (Å²) >= 11 is 1.37. The number of hydrogen-bond donors (Lipinski definition) is 1. The molecule has 2 amide bonds. The number of nitrogens with zero attached hydrogens (tertiary/aromatic N) is 3. The Morgan fingerprint density at radius 1 is 1.06 bits per heavy atom. The van der Waals surface area contributed by atoms with Crippen molar-refractivity contribution in [1.29, 1.82) is 0 Å². The highest BCUT2D eigenvalue weighted by molar-refractivity contribution is 7.13. The molecule has 7 heteroatoms. The van der Waals surface area contributed by atoms with Crippen molar-refractivity contribution >= 4 is 28.8 Å². The van der Waals surface area contributed by atoms with Crippen molar-refractivity contribution in [3.05, 3.63) is 75.0 Å². The Morgan fingerprint density at radius 3 is 2.47 bits per heavy atom. The zero-order valence-corrected chi connectivity index (χ0v) is 21.1. The molecule has 0 bridgehead atoms. The average molecular weight is 477 g/mol. The van der Waals surface area contributed by atoms with Gasteiger partial charge < -0.3 is 5.32 Å². The SMILES string of the molecule is Cc1nc(C)c(C(=O)N(c2cccc(C)c2C)C(C(=O)NC2CCCCC2)c2cccnc2)s1. The minimum atomic E-state index is -0.842. The van der Waals surface area contributed by atoms with E-state index in [9.17, 15) is 9.59 Å². The number of carbonyl (C=O) groups is 2. The number of rotatable bonds is 6. The molecule has 1 N–H and O–H groups in total. The zero-order chi connectivity index (χ0) is 24.2. The van der Waals surface area contributed by atoms with E-state index in [0.29, 0.717) is 16.1 Å². The highest BCUT2D eigenvalue weighted by Crippen LogP contribution is 2.35. The molecular weight excluding hydrogens is 444 g/mol. The Morgan fingerprint density at radius 2 is 1.82 bits per heavy atom. The predicted molar refractivity (Wildman–Crippen MR) is 136 cm³/mol. The molecule has 1 atom stereocenters. The van der Waals surface area contributed by atoms with Crippen LogP contribution in [0.3, 0.4) is 0 Å². The van der Waals surface area contributed by atoms with Gasteiger partial charge in [-0.2, -0.15) is 0 Å². The molecule has 1 aliphatic carbocycles. The fourth-order valence-corrected chi connectivity index (χ4v) is 5.54. The number of amides is 2. The highest BCUT2D eigenvalue weighted by atomic mass is 32.1. The third-order valence-electron chi connectivity index (χ3n) is 6.61. The average Bonchev–Trinajstić information content (AvgIpc) is 3.18. The molecule has 3 aromatic rings. The molecule has 0 saturated heterocycles. The summed E-state index contributed by atoms with van der Waals surface area (Å²) in [5.41, 5.74) is 4.12. The van der Waals surface area contributed by atoms with E-state index in [2.05, 4.69) is 15.3 Å². The van der Waals surface area contributed by atoms with Gasteiger partial charge in [-0.15, -0.1) is 11.3 Å². The molecule has 1 saturated carbocycles. The normalized spacial score (nSPS) is 15.1. The number of benzene rings is 1. The maximum absolute atomic E-state index is 14.2. The maximum Gasteiger partial charge on any atom is 0.271 e. The fraction of sp³-hybridized carbons (Fsp3) is 0.407. The quantitative estimate of drug-likeness (QED) is 0.502. The van der Waals surface area contributed by atoms with Crippen LogP contribution in [0.2, 0.25) is 0 Å². The van der Waals surface area contributed by atoms with E-state index in [-0.39, 0.29) is 17.9 Å². The molecule has 1 aliphatic rings. The van der Waals surface area contributed by atoms with Gasteiger partial charge in [0.2, 0.25) is 5.91 Å². The van der Waals surface area contributed by atoms with Crippen molar-refractivity contribution < 1.29 is 9.59 Å². The second kappa shape index (κ2) is 10.5. The monoisotopic (exact) mass is 476 g/mol. The number of carbonyl (C=O) groups excluding carboxylic acids is 2. The van der Waals surface area contributed by atoms with Crippen LogP contribution in [0.1, 0.15) is 75.2 Å². The van der Waals surface area contributed by atoms with Crippen molar-refractivity contribution in [1.82, 2.24) is 15.3 Å². The molecule has 34 heavy (non-hydrogen) atoms. The third-order valence-corrected chi connectivity index (χ3v) is 7.67. The molecule has 1 fully saturated rings. The molecule has 2 aromatic heterocycles. The summed E-state index contributed by atoms with van der Waals surface area (Å²) < 4.78 is 0. The Balaban J connectivity index is 1.85. The Bertz CT molecular complexity index is 1170. The number of thiazole rings is 1. The van der Waals surface area contributed by atoms with Gasteiger partial charge in [-0.05, 0) is 63.8 Å². The van der Waals surface area contributed by atoms with E-state index >= 15 is 0 Å². The van der Waals surface area contributed by atoms with Gasteiger partial charge in [0.15, 0.2) is 0 Å². The lowest BCUT2D eigenvalue weighted by atomic mass is 9.94. The van der Waals surface area contributed by atoms with Crippen LogP contribution in [-0.2, 0) is 4.79 Å². The number of hydrogen-bond acceptors (Lipinski definition) is 5. The van der Waals surface area contributed by atoms with Gasteiger partial charge in [0, 0.05) is 29.7 Å². The van der Waals surface area contributed by atoms with Crippen LogP contribution in [0.4, 0.5) is 5.69 Å². The van der Waals surface area contributed by atoms with Crippen molar-refractivity contribution in [2.24, 2.45) is 0 Å². The van der Waals surface area contributed by atoms with Crippen LogP contribution in [-0.4, -0.2) is 27.8 Å². The topological polar surface area (TPSA) is 75.2 Å². The van der Waals surface area contributed by atoms with Gasteiger partial charge in [0.25, 0.3) is 5.91 Å². The zero-order valence-electron chi connectivity index (χ0n) is 20.3. The van der Waals surface area contributed by atoms with E-state index in [0.717, 1.165) is 47.5 Å². The molecule has 1 unspecified atom stereocenters. The van der Waals surface area contributed by atoms with E-state index in [4.69, 9.17) is 0 Å². The summed E-state index contributed by atoms with van der Waals surface area (Å²) in [6.07, 6.45) is 8.73. The van der Waals surface area contributed by atoms with E-state index in [1.54, 1.807) is 17.3 Å². The second-order valence-corrected chi connectivity index (χ2v) is 10.3. The number of nitrogens with one attached hydrogen (secondary N) is 1. The smallest absolute Gasteiger partial charge is 0.271 e. The van der Waals surface area contributed by atoms with Crippen LogP contribution in [0.25, 0.3) is 0 Å². The van der Waals surface area contributed by atoms with E-state index in [1.807, 2.05) is 58.0 Å². The Labute approximate surface area is 205 Å². The summed E-state index contributed by atoms with van der Waals surface area (Å²) in [5.74, 6) is -0.391. The molecule has 2 heterocycles. The maximum atomic E-state index is 14.2. The van der Waals surface area contributed by atoms with Gasteiger partial charge in [-0.3, -0.25) is 19.5 Å². The molecule has 1 aromatic carbocycles. The van der Waals surface area contributed by atoms with Crippen molar-refractivity contribution in [3.8, 4) is 0 Å². The first-order valence-electron chi connectivity index (χ1n) is 11.9. The van der Waals surface area contributed by atoms with Crippen molar-refractivity contribution in [2.75, 3.05) is 4.90 Å². The predicted octanol–water partition coefficient (Wildman–Crippen LogP) is 5.61. The van der Waals surface area contributed by atoms with Gasteiger partial charge in [-0.25, -0.2) is 4.98 Å². The van der Waals surface area contributed by atoms with Gasteiger partial charge >= 0.3 is 0 Å². The van der Waals surface area contributed by atoms with Gasteiger partial charge in [0.1, 0.15) is 10.9 Å². The third kappa shape index (κ3) is 5.04. The first-order chi connectivity index (χ1) is 16.4. The summed E-state index contributed by atoms with van der Waals surface area (Å²) in [5, 5.41) is 4.08. The summed E-state index contributed by atoms with van der Waals surface area (Å²) in [6, 6.07) is 8.83. The lowest BCUT2D eigenvalue weighted by Crippen LogP contribution is -2.47. The number of anilines is 1. The lowest BCUT2D eigenvalue weighted by Gasteiger charge is -2.34. The Hall–Kier alpha value is -3.06. The standard InChI is InChI=1S/C27H32N4O2S/c1-17-10-8-14-23(18(17)2)31(27(33)25-19(3)29-20(4)34-25)24(21-11-9-15-28-16-21)26(32)30-22-12-6-5-7-13-22/h8-11,14-16,22,24H,5-7,12-13H2,1-4H3,(H,30,32). The molecular formula is C27H32N4O2S. The number of aromatic nitrogens is 2. The van der Waals surface area contributed by atoms with Crippen LogP contribution in [0, 0.1) is 27.7 Å². The molecule has 4 rings (SSSR count). The summed E-state index contributed by atoms with van der Waals surface area (Å²) in [4.78, 5) is 39.0. The molecule has 6 nitrogen and oxygen atoms in total. The molecule has 0 aliphatic heterocycles. The van der Waals surface area contributed by atoms with Crippen molar-refractivity contribution in [2.45, 2.75) is 71.9 Å². The van der Waals surface area contributed by atoms with Crippen LogP contribution in [0.15, 0.2) is 42.7 Å². The van der Waals surface area contributed by atoms with E-state index in [1.165, 1.54) is 17.8 Å². The fourth-order valence-electron chi connectivity index (χ4n) is 4.68. The first-order valence-corrected chi connectivity index (χ1v) is 12.7. The van der Waals surface area contributed by atoms with Crippen molar-refractivity contribution in [3.63, 3.8) is 0 Å². The minimum absolute atomic E-state index is 0.128. The number of aryl methyl sites for hydroxylation is 3. The minimum Gasteiger partial charge on any atom is -0.351 e. The summed E-state index contributed by atoms with van der Waals surface area (Å²) in [6.45, 7) is 7.75. The van der Waals surface area contributed by atoms with Crippen LogP contribution in [0.5, 0.6) is 0 Å². The first kappa shape index (κ1) is 24.1. The van der Waals surface area contributed by atoms with E-state index < -0.39 is 6.04 Å². The lowest BCUT2D eigenvalue weighted by molar-refractivity contribution is -0.123. The van der Waals surface area contributed by atoms with Gasteiger partial charge in [-0.1, -0.05) is 37.5 Å². The molecule has 0 spiro atoms. The van der Waals surface area contributed by atoms with Crippen LogP contribution < -0.4 is 10.2 Å². The Kier molecular flexibility index (Phi) is 7.41. The largest absolute Gasteiger partial charge is 0.351 e. The molecule has 0 radical (unpaired) electrons. The molecule has 178 valence electrons. The number of pyridine rings is 1.